The number of hydrogen-bond donors (Lipinski definition) is 0. The van der Waals surface area contributed by atoms with Crippen LogP contribution in [0.1, 0.15) is 24.0 Å². The van der Waals surface area contributed by atoms with E-state index in [1.807, 2.05) is 31.2 Å². The summed E-state index contributed by atoms with van der Waals surface area (Å²) >= 11 is 0. The number of sulfonamides is 1. The highest BCUT2D eigenvalue weighted by atomic mass is 32.2. The van der Waals surface area contributed by atoms with Crippen LogP contribution in [-0.4, -0.2) is 40.0 Å². The van der Waals surface area contributed by atoms with Gasteiger partial charge >= 0.3 is 5.69 Å². The van der Waals surface area contributed by atoms with Gasteiger partial charge in [0.2, 0.25) is 10.0 Å². The summed E-state index contributed by atoms with van der Waals surface area (Å²) in [5, 5.41) is 4.33. The first-order chi connectivity index (χ1) is 12.5. The molecule has 0 atom stereocenters. The van der Waals surface area contributed by atoms with Crippen molar-refractivity contribution in [1.82, 2.24) is 18.5 Å². The van der Waals surface area contributed by atoms with Crippen molar-refractivity contribution in [2.45, 2.75) is 31.2 Å². The Morgan fingerprint density at radius 1 is 1.08 bits per heavy atom. The van der Waals surface area contributed by atoms with Crippen molar-refractivity contribution in [1.29, 1.82) is 0 Å². The van der Waals surface area contributed by atoms with Crippen LogP contribution in [0.4, 0.5) is 0 Å². The van der Waals surface area contributed by atoms with Gasteiger partial charge in [-0.2, -0.15) is 4.31 Å². The van der Waals surface area contributed by atoms with E-state index in [2.05, 4.69) is 5.10 Å². The molecule has 0 unspecified atom stereocenters. The Labute approximate surface area is 151 Å². The molecule has 2 aromatic heterocycles. The Kier molecular flexibility index (Phi) is 4.16. The fourth-order valence-corrected chi connectivity index (χ4v) is 4.89. The minimum atomic E-state index is -3.65. The van der Waals surface area contributed by atoms with Gasteiger partial charge in [-0.05, 0) is 37.5 Å². The second-order valence-corrected chi connectivity index (χ2v) is 8.51. The van der Waals surface area contributed by atoms with Crippen molar-refractivity contribution in [3.63, 3.8) is 0 Å². The zero-order valence-corrected chi connectivity index (χ0v) is 15.3. The number of rotatable bonds is 4. The molecule has 1 saturated heterocycles. The molecule has 1 fully saturated rings. The standard InChI is InChI=1S/C18H20N4O3S/c1-14-6-8-15(9-7-14)13-22-18(23)21-12-4-5-16(17(21)19-22)26(24,25)20-10-2-3-11-20/h4-9,12H,2-3,10-11,13H2,1H3. The molecule has 136 valence electrons. The molecule has 26 heavy (non-hydrogen) atoms. The van der Waals surface area contributed by atoms with E-state index in [4.69, 9.17) is 0 Å². The summed E-state index contributed by atoms with van der Waals surface area (Å²) in [6, 6.07) is 10.9. The lowest BCUT2D eigenvalue weighted by atomic mass is 10.1. The van der Waals surface area contributed by atoms with Gasteiger partial charge in [0.15, 0.2) is 5.65 Å². The van der Waals surface area contributed by atoms with E-state index in [0.29, 0.717) is 19.6 Å². The van der Waals surface area contributed by atoms with Crippen LogP contribution in [-0.2, 0) is 16.6 Å². The molecule has 0 radical (unpaired) electrons. The maximum atomic E-state index is 12.9. The maximum absolute atomic E-state index is 12.9. The van der Waals surface area contributed by atoms with Crippen molar-refractivity contribution in [2.24, 2.45) is 0 Å². The number of aromatic nitrogens is 3. The molecule has 1 aliphatic rings. The summed E-state index contributed by atoms with van der Waals surface area (Å²) in [7, 11) is -3.65. The number of hydrogen-bond acceptors (Lipinski definition) is 4. The molecule has 0 saturated carbocycles. The molecule has 8 heteroatoms. The van der Waals surface area contributed by atoms with Crippen molar-refractivity contribution < 1.29 is 8.42 Å². The van der Waals surface area contributed by atoms with E-state index in [1.54, 1.807) is 12.3 Å². The largest absolute Gasteiger partial charge is 0.350 e. The molecule has 3 heterocycles. The number of nitrogens with zero attached hydrogens (tertiary/aromatic N) is 4. The van der Waals surface area contributed by atoms with Crippen molar-refractivity contribution in [2.75, 3.05) is 13.1 Å². The van der Waals surface area contributed by atoms with Crippen LogP contribution in [0.2, 0.25) is 0 Å². The van der Waals surface area contributed by atoms with Crippen LogP contribution in [0, 0.1) is 6.92 Å². The smallest absolute Gasteiger partial charge is 0.249 e. The molecule has 7 nitrogen and oxygen atoms in total. The summed E-state index contributed by atoms with van der Waals surface area (Å²) in [6.07, 6.45) is 3.27. The van der Waals surface area contributed by atoms with Gasteiger partial charge in [0.25, 0.3) is 0 Å². The highest BCUT2D eigenvalue weighted by molar-refractivity contribution is 7.89. The normalized spacial score (nSPS) is 15.7. The lowest BCUT2D eigenvalue weighted by molar-refractivity contribution is 0.477. The first-order valence-electron chi connectivity index (χ1n) is 8.61. The third-order valence-corrected chi connectivity index (χ3v) is 6.63. The lowest BCUT2D eigenvalue weighted by Crippen LogP contribution is -2.28. The van der Waals surface area contributed by atoms with Gasteiger partial charge < -0.3 is 0 Å². The van der Waals surface area contributed by atoms with E-state index >= 15 is 0 Å². The summed E-state index contributed by atoms with van der Waals surface area (Å²) in [5.41, 5.74) is 1.90. The van der Waals surface area contributed by atoms with Gasteiger partial charge in [0.1, 0.15) is 4.90 Å². The number of benzene rings is 1. The number of aryl methyl sites for hydroxylation is 1. The fraction of sp³-hybridized carbons (Fsp3) is 0.333. The number of fused-ring (bicyclic) bond motifs is 1. The molecule has 0 bridgehead atoms. The van der Waals surface area contributed by atoms with Crippen LogP contribution < -0.4 is 5.69 Å². The van der Waals surface area contributed by atoms with Crippen molar-refractivity contribution in [3.8, 4) is 0 Å². The van der Waals surface area contributed by atoms with Gasteiger partial charge in [-0.1, -0.05) is 29.8 Å². The Morgan fingerprint density at radius 2 is 1.77 bits per heavy atom. The highest BCUT2D eigenvalue weighted by Crippen LogP contribution is 2.23. The summed E-state index contributed by atoms with van der Waals surface area (Å²) in [4.78, 5) is 12.7. The minimum Gasteiger partial charge on any atom is -0.249 e. The van der Waals surface area contributed by atoms with Gasteiger partial charge in [-0.15, -0.1) is 5.10 Å². The van der Waals surface area contributed by atoms with Gasteiger partial charge in [0.05, 0.1) is 6.54 Å². The van der Waals surface area contributed by atoms with E-state index in [1.165, 1.54) is 19.5 Å². The topological polar surface area (TPSA) is 76.7 Å². The van der Waals surface area contributed by atoms with Crippen LogP contribution in [0.5, 0.6) is 0 Å². The quantitative estimate of drug-likeness (QED) is 0.698. The second-order valence-electron chi connectivity index (χ2n) is 6.60. The first kappa shape index (κ1) is 17.0. The van der Waals surface area contributed by atoms with E-state index < -0.39 is 10.0 Å². The van der Waals surface area contributed by atoms with Crippen LogP contribution >= 0.6 is 0 Å². The Morgan fingerprint density at radius 3 is 2.46 bits per heavy atom. The molecule has 0 spiro atoms. The van der Waals surface area contributed by atoms with Crippen molar-refractivity contribution >= 4 is 15.7 Å². The Bertz CT molecular complexity index is 1110. The van der Waals surface area contributed by atoms with Crippen molar-refractivity contribution in [3.05, 3.63) is 64.2 Å². The fourth-order valence-electron chi connectivity index (χ4n) is 3.25. The lowest BCUT2D eigenvalue weighted by Gasteiger charge is -2.15. The SMILES string of the molecule is Cc1ccc(Cn2nc3c(S(=O)(=O)N4CCCC4)cccn3c2=O)cc1. The van der Waals surface area contributed by atoms with Crippen LogP contribution in [0.3, 0.4) is 0 Å². The monoisotopic (exact) mass is 372 g/mol. The molecular weight excluding hydrogens is 352 g/mol. The third kappa shape index (κ3) is 2.85. The molecule has 3 aromatic rings. The predicted octanol–water partition coefficient (Wildman–Crippen LogP) is 1.64. The summed E-state index contributed by atoms with van der Waals surface area (Å²) < 4.78 is 29.9. The zero-order valence-electron chi connectivity index (χ0n) is 14.5. The van der Waals surface area contributed by atoms with Crippen LogP contribution in [0.25, 0.3) is 5.65 Å². The Hall–Kier alpha value is -2.45. The van der Waals surface area contributed by atoms with Gasteiger partial charge in [-0.3, -0.25) is 0 Å². The molecule has 0 N–H and O–H groups in total. The van der Waals surface area contributed by atoms with Gasteiger partial charge in [0, 0.05) is 19.3 Å². The summed E-state index contributed by atoms with van der Waals surface area (Å²) in [6.45, 7) is 3.32. The van der Waals surface area contributed by atoms with E-state index in [-0.39, 0.29) is 16.2 Å². The Balaban J connectivity index is 1.80. The molecule has 0 amide bonds. The average molecular weight is 372 g/mol. The highest BCUT2D eigenvalue weighted by Gasteiger charge is 2.30. The molecule has 0 aliphatic carbocycles. The molecular formula is C18H20N4O3S. The van der Waals surface area contributed by atoms with E-state index in [9.17, 15) is 13.2 Å². The zero-order chi connectivity index (χ0) is 18.3. The van der Waals surface area contributed by atoms with Gasteiger partial charge in [-0.25, -0.2) is 22.3 Å². The maximum Gasteiger partial charge on any atom is 0.350 e. The molecule has 1 aromatic carbocycles. The van der Waals surface area contributed by atoms with Crippen LogP contribution in [0.15, 0.2) is 52.3 Å². The average Bonchev–Trinajstić information content (AvgIpc) is 3.27. The number of pyridine rings is 1. The minimum absolute atomic E-state index is 0.0849. The van der Waals surface area contributed by atoms with E-state index in [0.717, 1.165) is 24.0 Å². The molecule has 4 rings (SSSR count). The summed E-state index contributed by atoms with van der Waals surface area (Å²) in [5.74, 6) is 0. The first-order valence-corrected chi connectivity index (χ1v) is 10.0. The predicted molar refractivity (Wildman–Crippen MR) is 97.7 cm³/mol. The second kappa shape index (κ2) is 6.37. The molecule has 1 aliphatic heterocycles. The third-order valence-electron chi connectivity index (χ3n) is 4.71.